The summed E-state index contributed by atoms with van der Waals surface area (Å²) in [6.45, 7) is 3.61. The molecular formula is C14H19ClN4O2. The van der Waals surface area contributed by atoms with E-state index >= 15 is 0 Å². The minimum atomic E-state index is -0.180. The van der Waals surface area contributed by atoms with Gasteiger partial charge in [0.1, 0.15) is 0 Å². The lowest BCUT2D eigenvalue weighted by molar-refractivity contribution is 0.182. The van der Waals surface area contributed by atoms with Crippen LogP contribution in [0.1, 0.15) is 25.3 Å². The Hall–Kier alpha value is -1.95. The molecule has 1 aromatic carbocycles. The van der Waals surface area contributed by atoms with Crippen molar-refractivity contribution in [3.8, 4) is 0 Å². The summed E-state index contributed by atoms with van der Waals surface area (Å²) in [6, 6.07) is 4.63. The number of hydrogen-bond donors (Lipinski definition) is 3. The number of carbonyl (C=O) groups is 1. The number of nitrogens with zero attached hydrogens (tertiary/aromatic N) is 2. The van der Waals surface area contributed by atoms with E-state index in [9.17, 15) is 4.79 Å². The van der Waals surface area contributed by atoms with Gasteiger partial charge in [0, 0.05) is 18.7 Å². The Labute approximate surface area is 128 Å². The Balaban J connectivity index is 2.13. The van der Waals surface area contributed by atoms with Crippen molar-refractivity contribution in [3.05, 3.63) is 28.8 Å². The van der Waals surface area contributed by atoms with Gasteiger partial charge in [-0.2, -0.15) is 0 Å². The van der Waals surface area contributed by atoms with Crippen LogP contribution in [0, 0.1) is 5.92 Å². The quantitative estimate of drug-likeness (QED) is 0.339. The predicted molar refractivity (Wildman–Crippen MR) is 83.0 cm³/mol. The molecule has 1 unspecified atom stereocenters. The molecule has 0 radical (unpaired) electrons. The number of anilines is 1. The zero-order chi connectivity index (χ0) is 15.4. The van der Waals surface area contributed by atoms with Crippen molar-refractivity contribution in [2.45, 2.75) is 19.8 Å². The Morgan fingerprint density at radius 1 is 1.57 bits per heavy atom. The number of rotatable bonds is 2. The summed E-state index contributed by atoms with van der Waals surface area (Å²) in [6.07, 6.45) is 2.15. The highest BCUT2D eigenvalue weighted by Crippen LogP contribution is 2.24. The first-order chi connectivity index (χ1) is 10.0. The summed E-state index contributed by atoms with van der Waals surface area (Å²) in [5.41, 5.74) is 6.48. The van der Waals surface area contributed by atoms with Gasteiger partial charge >= 0.3 is 6.03 Å². The van der Waals surface area contributed by atoms with Crippen LogP contribution in [-0.2, 0) is 0 Å². The number of piperidine rings is 1. The average Bonchev–Trinajstić information content (AvgIpc) is 2.48. The number of nitrogens with one attached hydrogen (secondary N) is 1. The highest BCUT2D eigenvalue weighted by molar-refractivity contribution is 6.33. The van der Waals surface area contributed by atoms with Crippen molar-refractivity contribution in [1.82, 2.24) is 4.90 Å². The van der Waals surface area contributed by atoms with Crippen LogP contribution in [0.3, 0.4) is 0 Å². The maximum atomic E-state index is 12.3. The number of amidine groups is 1. The van der Waals surface area contributed by atoms with Crippen LogP contribution in [0.2, 0.25) is 5.02 Å². The monoisotopic (exact) mass is 310 g/mol. The molecule has 6 nitrogen and oxygen atoms in total. The standard InChI is InChI=1S/C14H19ClN4O2/c1-9-3-2-6-19(8-9)14(20)17-12-7-10(13(16)18-21)4-5-11(12)15/h4-5,7,9,21H,2-3,6,8H2,1H3,(H2,16,18)(H,17,20). The second kappa shape index (κ2) is 6.67. The van der Waals surface area contributed by atoms with Crippen molar-refractivity contribution in [2.75, 3.05) is 18.4 Å². The fourth-order valence-electron chi connectivity index (χ4n) is 2.41. The lowest BCUT2D eigenvalue weighted by Crippen LogP contribution is -2.41. The van der Waals surface area contributed by atoms with Crippen LogP contribution in [0.4, 0.5) is 10.5 Å². The van der Waals surface area contributed by atoms with E-state index in [2.05, 4.69) is 17.4 Å². The van der Waals surface area contributed by atoms with Crippen LogP contribution < -0.4 is 11.1 Å². The number of benzene rings is 1. The molecule has 1 atom stereocenters. The topological polar surface area (TPSA) is 91.0 Å². The molecule has 0 saturated carbocycles. The summed E-state index contributed by atoms with van der Waals surface area (Å²) in [5.74, 6) is 0.470. The molecule has 7 heteroatoms. The first-order valence-corrected chi connectivity index (χ1v) is 7.22. The van der Waals surface area contributed by atoms with Gasteiger partial charge in [-0.1, -0.05) is 23.7 Å². The molecule has 0 aliphatic carbocycles. The molecule has 0 aromatic heterocycles. The van der Waals surface area contributed by atoms with Crippen LogP contribution >= 0.6 is 11.6 Å². The van der Waals surface area contributed by atoms with E-state index in [0.717, 1.165) is 25.9 Å². The smallest absolute Gasteiger partial charge is 0.321 e. The summed E-state index contributed by atoms with van der Waals surface area (Å²) in [5, 5.41) is 14.8. The largest absolute Gasteiger partial charge is 0.409 e. The van der Waals surface area contributed by atoms with Crippen LogP contribution in [0.5, 0.6) is 0 Å². The number of carbonyl (C=O) groups excluding carboxylic acids is 1. The molecule has 114 valence electrons. The summed E-state index contributed by atoms with van der Waals surface area (Å²) < 4.78 is 0. The maximum Gasteiger partial charge on any atom is 0.321 e. The number of halogens is 1. The fraction of sp³-hybridized carbons (Fsp3) is 0.429. The number of amides is 2. The molecule has 1 aromatic rings. The normalized spacial score (nSPS) is 19.4. The molecule has 0 spiro atoms. The van der Waals surface area contributed by atoms with Gasteiger partial charge in [-0.3, -0.25) is 0 Å². The molecule has 2 amide bonds. The number of urea groups is 1. The van der Waals surface area contributed by atoms with Crippen molar-refractivity contribution in [1.29, 1.82) is 0 Å². The molecule has 1 fully saturated rings. The van der Waals surface area contributed by atoms with E-state index in [4.69, 9.17) is 22.5 Å². The van der Waals surface area contributed by atoms with Crippen molar-refractivity contribution in [3.63, 3.8) is 0 Å². The number of nitrogens with two attached hydrogens (primary N) is 1. The number of oxime groups is 1. The third kappa shape index (κ3) is 3.78. The molecule has 1 heterocycles. The third-order valence-electron chi connectivity index (χ3n) is 3.56. The van der Waals surface area contributed by atoms with E-state index in [-0.39, 0.29) is 11.9 Å². The molecular weight excluding hydrogens is 292 g/mol. The minimum absolute atomic E-state index is 0.0336. The zero-order valence-corrected chi connectivity index (χ0v) is 12.6. The molecule has 0 bridgehead atoms. The molecule has 1 saturated heterocycles. The highest BCUT2D eigenvalue weighted by atomic mass is 35.5. The molecule has 1 aliphatic rings. The van der Waals surface area contributed by atoms with Crippen LogP contribution in [0.15, 0.2) is 23.4 Å². The Morgan fingerprint density at radius 2 is 2.33 bits per heavy atom. The van der Waals surface area contributed by atoms with E-state index in [1.807, 2.05) is 0 Å². The first-order valence-electron chi connectivity index (χ1n) is 6.84. The van der Waals surface area contributed by atoms with Gasteiger partial charge in [0.05, 0.1) is 10.7 Å². The van der Waals surface area contributed by atoms with Crippen LogP contribution in [-0.4, -0.2) is 35.1 Å². The van der Waals surface area contributed by atoms with E-state index in [1.54, 1.807) is 23.1 Å². The minimum Gasteiger partial charge on any atom is -0.409 e. The number of likely N-dealkylation sites (tertiary alicyclic amines) is 1. The zero-order valence-electron chi connectivity index (χ0n) is 11.8. The van der Waals surface area contributed by atoms with E-state index < -0.39 is 0 Å². The van der Waals surface area contributed by atoms with Crippen molar-refractivity contribution < 1.29 is 10.0 Å². The second-order valence-corrected chi connectivity index (χ2v) is 5.71. The Bertz CT molecular complexity index is 562. The number of hydrogen-bond acceptors (Lipinski definition) is 3. The lowest BCUT2D eigenvalue weighted by atomic mass is 10.0. The summed E-state index contributed by atoms with van der Waals surface area (Å²) >= 11 is 6.08. The third-order valence-corrected chi connectivity index (χ3v) is 3.89. The Kier molecular flexibility index (Phi) is 4.90. The average molecular weight is 311 g/mol. The molecule has 21 heavy (non-hydrogen) atoms. The summed E-state index contributed by atoms with van der Waals surface area (Å²) in [7, 11) is 0. The van der Waals surface area contributed by atoms with Gasteiger partial charge in [-0.25, -0.2) is 4.79 Å². The molecule has 4 N–H and O–H groups in total. The van der Waals surface area contributed by atoms with E-state index in [0.29, 0.717) is 22.2 Å². The second-order valence-electron chi connectivity index (χ2n) is 5.30. The maximum absolute atomic E-state index is 12.3. The molecule has 1 aliphatic heterocycles. The van der Waals surface area contributed by atoms with E-state index in [1.165, 1.54) is 0 Å². The van der Waals surface area contributed by atoms with Crippen molar-refractivity contribution in [2.24, 2.45) is 16.8 Å². The highest BCUT2D eigenvalue weighted by Gasteiger charge is 2.21. The predicted octanol–water partition coefficient (Wildman–Crippen LogP) is 2.70. The van der Waals surface area contributed by atoms with Gasteiger partial charge in [0.2, 0.25) is 0 Å². The first kappa shape index (κ1) is 15.4. The van der Waals surface area contributed by atoms with Gasteiger partial charge < -0.3 is 21.2 Å². The summed E-state index contributed by atoms with van der Waals surface area (Å²) in [4.78, 5) is 14.0. The fourth-order valence-corrected chi connectivity index (χ4v) is 2.57. The van der Waals surface area contributed by atoms with Crippen molar-refractivity contribution >= 4 is 29.2 Å². The SMILES string of the molecule is CC1CCCN(C(=O)Nc2cc(/C(N)=N/O)ccc2Cl)C1. The lowest BCUT2D eigenvalue weighted by Gasteiger charge is -2.31. The van der Waals surface area contributed by atoms with Crippen LogP contribution in [0.25, 0.3) is 0 Å². The van der Waals surface area contributed by atoms with Gasteiger partial charge in [0.15, 0.2) is 5.84 Å². The van der Waals surface area contributed by atoms with Gasteiger partial charge in [-0.15, -0.1) is 0 Å². The molecule has 2 rings (SSSR count). The van der Waals surface area contributed by atoms with Gasteiger partial charge in [-0.05, 0) is 37.0 Å². The van der Waals surface area contributed by atoms with Gasteiger partial charge in [0.25, 0.3) is 0 Å². The Morgan fingerprint density at radius 3 is 3.00 bits per heavy atom.